The standard InChI is InChI=1S/C12H13BrN4O/c1-7-3-8(13)5-9(4-7)17-11-10(14)12(18-2)16-6-15-11/h3-6H,14H2,1-2H3,(H,15,16,17). The van der Waals surface area contributed by atoms with Crippen molar-refractivity contribution in [2.45, 2.75) is 6.92 Å². The van der Waals surface area contributed by atoms with Gasteiger partial charge in [-0.3, -0.25) is 0 Å². The minimum atomic E-state index is 0.360. The van der Waals surface area contributed by atoms with Crippen LogP contribution in [0.1, 0.15) is 5.56 Å². The number of methoxy groups -OCH3 is 1. The number of aromatic nitrogens is 2. The lowest BCUT2D eigenvalue weighted by Crippen LogP contribution is -2.03. The van der Waals surface area contributed by atoms with Crippen molar-refractivity contribution >= 4 is 33.1 Å². The third-order valence-corrected chi connectivity index (χ3v) is 2.80. The van der Waals surface area contributed by atoms with Gasteiger partial charge in [0.1, 0.15) is 12.0 Å². The number of benzene rings is 1. The molecular formula is C12H13BrN4O. The highest BCUT2D eigenvalue weighted by atomic mass is 79.9. The average molecular weight is 309 g/mol. The van der Waals surface area contributed by atoms with Crippen LogP contribution in [0.5, 0.6) is 5.88 Å². The van der Waals surface area contributed by atoms with Crippen molar-refractivity contribution in [3.05, 3.63) is 34.6 Å². The van der Waals surface area contributed by atoms with E-state index in [4.69, 9.17) is 10.5 Å². The fourth-order valence-electron chi connectivity index (χ4n) is 1.59. The van der Waals surface area contributed by atoms with Gasteiger partial charge >= 0.3 is 0 Å². The van der Waals surface area contributed by atoms with Gasteiger partial charge in [-0.25, -0.2) is 4.98 Å². The van der Waals surface area contributed by atoms with E-state index in [1.54, 1.807) is 0 Å². The van der Waals surface area contributed by atoms with Crippen molar-refractivity contribution in [1.29, 1.82) is 0 Å². The largest absolute Gasteiger partial charge is 0.479 e. The molecule has 18 heavy (non-hydrogen) atoms. The lowest BCUT2D eigenvalue weighted by atomic mass is 10.2. The number of hydrogen-bond acceptors (Lipinski definition) is 5. The summed E-state index contributed by atoms with van der Waals surface area (Å²) in [4.78, 5) is 8.03. The van der Waals surface area contributed by atoms with Crippen molar-refractivity contribution in [2.24, 2.45) is 0 Å². The molecule has 6 heteroatoms. The summed E-state index contributed by atoms with van der Waals surface area (Å²) in [5, 5.41) is 3.14. The van der Waals surface area contributed by atoms with Crippen molar-refractivity contribution < 1.29 is 4.74 Å². The van der Waals surface area contributed by atoms with Crippen molar-refractivity contribution in [2.75, 3.05) is 18.2 Å². The summed E-state index contributed by atoms with van der Waals surface area (Å²) in [6.07, 6.45) is 1.41. The number of rotatable bonds is 3. The average Bonchev–Trinajstić information content (AvgIpc) is 2.30. The van der Waals surface area contributed by atoms with Gasteiger partial charge in [-0.2, -0.15) is 4.98 Å². The van der Waals surface area contributed by atoms with Crippen LogP contribution >= 0.6 is 15.9 Å². The van der Waals surface area contributed by atoms with E-state index in [9.17, 15) is 0 Å². The molecular weight excluding hydrogens is 296 g/mol. The minimum absolute atomic E-state index is 0.360. The van der Waals surface area contributed by atoms with E-state index in [2.05, 4.69) is 31.2 Å². The molecule has 0 atom stereocenters. The number of ether oxygens (including phenoxy) is 1. The number of halogens is 1. The van der Waals surface area contributed by atoms with Crippen LogP contribution in [0.4, 0.5) is 17.2 Å². The molecule has 1 aromatic heterocycles. The van der Waals surface area contributed by atoms with E-state index >= 15 is 0 Å². The Balaban J connectivity index is 2.34. The van der Waals surface area contributed by atoms with Crippen LogP contribution in [0.2, 0.25) is 0 Å². The van der Waals surface area contributed by atoms with Gasteiger partial charge in [0.2, 0.25) is 5.88 Å². The zero-order chi connectivity index (χ0) is 13.1. The van der Waals surface area contributed by atoms with Crippen LogP contribution < -0.4 is 15.8 Å². The second kappa shape index (κ2) is 5.22. The topological polar surface area (TPSA) is 73.1 Å². The highest BCUT2D eigenvalue weighted by Crippen LogP contribution is 2.28. The molecule has 0 radical (unpaired) electrons. The molecule has 0 fully saturated rings. The molecule has 0 aliphatic heterocycles. The van der Waals surface area contributed by atoms with Crippen LogP contribution in [0.3, 0.4) is 0 Å². The molecule has 1 aromatic carbocycles. The predicted octanol–water partition coefficient (Wildman–Crippen LogP) is 2.88. The SMILES string of the molecule is COc1ncnc(Nc2cc(C)cc(Br)c2)c1N. The van der Waals surface area contributed by atoms with Crippen molar-refractivity contribution in [3.8, 4) is 5.88 Å². The van der Waals surface area contributed by atoms with Crippen LogP contribution in [0, 0.1) is 6.92 Å². The molecule has 0 aliphatic carbocycles. The maximum Gasteiger partial charge on any atom is 0.242 e. The first-order valence-electron chi connectivity index (χ1n) is 5.29. The van der Waals surface area contributed by atoms with Crippen molar-refractivity contribution in [1.82, 2.24) is 9.97 Å². The van der Waals surface area contributed by atoms with Crippen molar-refractivity contribution in [3.63, 3.8) is 0 Å². The molecule has 2 aromatic rings. The Hall–Kier alpha value is -1.82. The molecule has 0 bridgehead atoms. The van der Waals surface area contributed by atoms with E-state index in [1.807, 2.05) is 25.1 Å². The molecule has 0 unspecified atom stereocenters. The molecule has 94 valence electrons. The molecule has 0 saturated heterocycles. The quantitative estimate of drug-likeness (QED) is 0.912. The fraction of sp³-hybridized carbons (Fsp3) is 0.167. The number of aryl methyl sites for hydroxylation is 1. The Labute approximate surface area is 114 Å². The number of nitrogens with zero attached hydrogens (tertiary/aromatic N) is 2. The summed E-state index contributed by atoms with van der Waals surface area (Å²) >= 11 is 3.44. The zero-order valence-corrected chi connectivity index (χ0v) is 11.7. The smallest absolute Gasteiger partial charge is 0.242 e. The van der Waals surface area contributed by atoms with Crippen LogP contribution in [-0.4, -0.2) is 17.1 Å². The maximum absolute atomic E-state index is 5.89. The summed E-state index contributed by atoms with van der Waals surface area (Å²) in [7, 11) is 1.52. The lowest BCUT2D eigenvalue weighted by molar-refractivity contribution is 0.399. The van der Waals surface area contributed by atoms with Gasteiger partial charge in [0, 0.05) is 10.2 Å². The van der Waals surface area contributed by atoms with E-state index < -0.39 is 0 Å². The molecule has 1 heterocycles. The molecule has 0 amide bonds. The lowest BCUT2D eigenvalue weighted by Gasteiger charge is -2.11. The summed E-state index contributed by atoms with van der Waals surface area (Å²) in [6, 6.07) is 5.97. The summed E-state index contributed by atoms with van der Waals surface area (Å²) in [5.41, 5.74) is 8.31. The number of hydrogen-bond donors (Lipinski definition) is 2. The van der Waals surface area contributed by atoms with Gasteiger partial charge in [0.25, 0.3) is 0 Å². The normalized spacial score (nSPS) is 10.2. The third-order valence-electron chi connectivity index (χ3n) is 2.35. The Kier molecular flexibility index (Phi) is 3.66. The summed E-state index contributed by atoms with van der Waals surface area (Å²) in [6.45, 7) is 2.01. The van der Waals surface area contributed by atoms with Gasteiger partial charge in [-0.15, -0.1) is 0 Å². The second-order valence-electron chi connectivity index (χ2n) is 3.79. The number of nitrogens with two attached hydrogens (primary N) is 1. The molecule has 0 saturated carbocycles. The molecule has 0 aliphatic rings. The Morgan fingerprint density at radius 3 is 2.72 bits per heavy atom. The molecule has 0 spiro atoms. The first kappa shape index (κ1) is 12.6. The highest BCUT2D eigenvalue weighted by Gasteiger charge is 2.08. The monoisotopic (exact) mass is 308 g/mol. The van der Waals surface area contributed by atoms with Gasteiger partial charge in [-0.1, -0.05) is 15.9 Å². The van der Waals surface area contributed by atoms with E-state index in [-0.39, 0.29) is 0 Å². The Morgan fingerprint density at radius 1 is 1.28 bits per heavy atom. The second-order valence-corrected chi connectivity index (χ2v) is 4.70. The van der Waals surface area contributed by atoms with E-state index in [1.165, 1.54) is 13.4 Å². The van der Waals surface area contributed by atoms with E-state index in [0.717, 1.165) is 15.7 Å². The number of nitrogens with one attached hydrogen (secondary N) is 1. The van der Waals surface area contributed by atoms with Gasteiger partial charge in [0.05, 0.1) is 7.11 Å². The van der Waals surface area contributed by atoms with Crippen LogP contribution in [0.15, 0.2) is 29.0 Å². The van der Waals surface area contributed by atoms with Gasteiger partial charge in [0.15, 0.2) is 5.82 Å². The Morgan fingerprint density at radius 2 is 2.06 bits per heavy atom. The Bertz CT molecular complexity index is 554. The maximum atomic E-state index is 5.89. The number of nitrogen functional groups attached to an aromatic ring is 1. The minimum Gasteiger partial charge on any atom is -0.479 e. The fourth-order valence-corrected chi connectivity index (χ4v) is 2.19. The van der Waals surface area contributed by atoms with E-state index in [0.29, 0.717) is 17.4 Å². The third kappa shape index (κ3) is 2.70. The van der Waals surface area contributed by atoms with Crippen LogP contribution in [0.25, 0.3) is 0 Å². The predicted molar refractivity (Wildman–Crippen MR) is 75.2 cm³/mol. The van der Waals surface area contributed by atoms with Crippen LogP contribution in [-0.2, 0) is 0 Å². The zero-order valence-electron chi connectivity index (χ0n) is 10.1. The highest BCUT2D eigenvalue weighted by molar-refractivity contribution is 9.10. The number of anilines is 3. The van der Waals surface area contributed by atoms with Gasteiger partial charge < -0.3 is 15.8 Å². The molecule has 5 nitrogen and oxygen atoms in total. The molecule has 2 rings (SSSR count). The first-order chi connectivity index (χ1) is 8.60. The van der Waals surface area contributed by atoms with Gasteiger partial charge in [-0.05, 0) is 30.7 Å². The first-order valence-corrected chi connectivity index (χ1v) is 6.08. The molecule has 3 N–H and O–H groups in total. The summed E-state index contributed by atoms with van der Waals surface area (Å²) < 4.78 is 6.04. The summed E-state index contributed by atoms with van der Waals surface area (Å²) in [5.74, 6) is 0.888.